The van der Waals surface area contributed by atoms with E-state index < -0.39 is 0 Å². The Morgan fingerprint density at radius 1 is 1.38 bits per heavy atom. The van der Waals surface area contributed by atoms with Crippen molar-refractivity contribution in [1.29, 1.82) is 0 Å². The van der Waals surface area contributed by atoms with Gasteiger partial charge in [0.1, 0.15) is 0 Å². The van der Waals surface area contributed by atoms with Gasteiger partial charge in [0.05, 0.1) is 0 Å². The highest BCUT2D eigenvalue weighted by Crippen LogP contribution is 2.32. The van der Waals surface area contributed by atoms with Crippen molar-refractivity contribution in [2.75, 3.05) is 18.1 Å². The lowest BCUT2D eigenvalue weighted by Crippen LogP contribution is -2.42. The van der Waals surface area contributed by atoms with Crippen LogP contribution in [0.4, 0.5) is 0 Å². The van der Waals surface area contributed by atoms with E-state index in [4.69, 9.17) is 0 Å². The van der Waals surface area contributed by atoms with E-state index in [9.17, 15) is 0 Å². The summed E-state index contributed by atoms with van der Waals surface area (Å²) in [5.74, 6) is 2.67. The molecule has 1 heterocycles. The lowest BCUT2D eigenvalue weighted by Gasteiger charge is -2.33. The lowest BCUT2D eigenvalue weighted by atomic mass is 10.2. The van der Waals surface area contributed by atoms with Gasteiger partial charge >= 0.3 is 0 Å². The topological polar surface area (TPSA) is 12.0 Å². The monoisotopic (exact) mass is 219 g/mol. The van der Waals surface area contributed by atoms with Crippen molar-refractivity contribution in [2.45, 2.75) is 43.7 Å². The minimum Gasteiger partial charge on any atom is -0.313 e. The van der Waals surface area contributed by atoms with Gasteiger partial charge in [0.15, 0.2) is 0 Å². The second-order valence-electron chi connectivity index (χ2n) is 3.65. The van der Waals surface area contributed by atoms with Crippen LogP contribution in [0.1, 0.15) is 27.2 Å². The standard InChI is InChI=1S/C10H21NS2/c1-4-5-11-8(2)10-9(3)12-6-7-13-10/h8-11H,4-7H2,1-3H3. The molecule has 1 saturated heterocycles. The highest BCUT2D eigenvalue weighted by molar-refractivity contribution is 8.07. The lowest BCUT2D eigenvalue weighted by molar-refractivity contribution is 0.523. The number of rotatable bonds is 4. The third-order valence-electron chi connectivity index (χ3n) is 2.45. The first-order valence-corrected chi connectivity index (χ1v) is 7.32. The number of hydrogen-bond donors (Lipinski definition) is 1. The predicted molar refractivity (Wildman–Crippen MR) is 65.9 cm³/mol. The van der Waals surface area contributed by atoms with Crippen molar-refractivity contribution < 1.29 is 0 Å². The molecule has 0 amide bonds. The van der Waals surface area contributed by atoms with Crippen LogP contribution < -0.4 is 5.32 Å². The molecule has 1 nitrogen and oxygen atoms in total. The van der Waals surface area contributed by atoms with E-state index in [2.05, 4.69) is 49.6 Å². The van der Waals surface area contributed by atoms with Crippen LogP contribution in [0.25, 0.3) is 0 Å². The highest BCUT2D eigenvalue weighted by atomic mass is 32.2. The van der Waals surface area contributed by atoms with Crippen LogP contribution in [0.2, 0.25) is 0 Å². The Hall–Kier alpha value is 0.660. The number of hydrogen-bond acceptors (Lipinski definition) is 3. The van der Waals surface area contributed by atoms with Gasteiger partial charge < -0.3 is 5.32 Å². The summed E-state index contributed by atoms with van der Waals surface area (Å²) in [4.78, 5) is 0. The molecule has 3 atom stereocenters. The van der Waals surface area contributed by atoms with Crippen molar-refractivity contribution in [1.82, 2.24) is 5.32 Å². The molecule has 0 aromatic carbocycles. The van der Waals surface area contributed by atoms with Gasteiger partial charge in [-0.1, -0.05) is 13.8 Å². The summed E-state index contributed by atoms with van der Waals surface area (Å²) in [7, 11) is 0. The predicted octanol–water partition coefficient (Wildman–Crippen LogP) is 2.61. The second kappa shape index (κ2) is 6.20. The molecule has 13 heavy (non-hydrogen) atoms. The summed E-state index contributed by atoms with van der Waals surface area (Å²) in [6.45, 7) is 8.09. The normalized spacial score (nSPS) is 31.6. The summed E-state index contributed by atoms with van der Waals surface area (Å²) in [6.07, 6.45) is 1.24. The SMILES string of the molecule is CCCNC(C)C1SCCSC1C. The molecule has 0 aromatic heterocycles. The average molecular weight is 219 g/mol. The Labute approximate surface area is 90.8 Å². The van der Waals surface area contributed by atoms with Gasteiger partial charge in [-0.25, -0.2) is 0 Å². The molecule has 1 aliphatic heterocycles. The molecule has 0 bridgehead atoms. The Morgan fingerprint density at radius 3 is 2.69 bits per heavy atom. The third kappa shape index (κ3) is 3.72. The largest absolute Gasteiger partial charge is 0.313 e. The summed E-state index contributed by atoms with van der Waals surface area (Å²) < 4.78 is 0. The van der Waals surface area contributed by atoms with E-state index in [-0.39, 0.29) is 0 Å². The third-order valence-corrected chi connectivity index (χ3v) is 5.78. The highest BCUT2D eigenvalue weighted by Gasteiger charge is 2.26. The second-order valence-corrected chi connectivity index (χ2v) is 6.43. The maximum Gasteiger partial charge on any atom is 0.0314 e. The van der Waals surface area contributed by atoms with Crippen molar-refractivity contribution in [2.24, 2.45) is 0 Å². The zero-order chi connectivity index (χ0) is 9.68. The molecule has 0 aliphatic carbocycles. The van der Waals surface area contributed by atoms with Crippen LogP contribution >= 0.6 is 23.5 Å². The molecule has 0 spiro atoms. The van der Waals surface area contributed by atoms with Crippen molar-refractivity contribution >= 4 is 23.5 Å². The fraction of sp³-hybridized carbons (Fsp3) is 1.00. The molecule has 1 N–H and O–H groups in total. The Morgan fingerprint density at radius 2 is 2.08 bits per heavy atom. The fourth-order valence-corrected chi connectivity index (χ4v) is 4.65. The summed E-state index contributed by atoms with van der Waals surface area (Å²) >= 11 is 4.27. The van der Waals surface area contributed by atoms with Crippen LogP contribution in [0.3, 0.4) is 0 Å². The maximum absolute atomic E-state index is 3.60. The Kier molecular flexibility index (Phi) is 5.60. The van der Waals surface area contributed by atoms with Gasteiger partial charge in [0.2, 0.25) is 0 Å². The zero-order valence-electron chi connectivity index (χ0n) is 8.88. The van der Waals surface area contributed by atoms with E-state index in [0.717, 1.165) is 17.0 Å². The minimum atomic E-state index is 0.674. The molecule has 0 radical (unpaired) electrons. The molecular weight excluding hydrogens is 198 g/mol. The zero-order valence-corrected chi connectivity index (χ0v) is 10.5. The maximum atomic E-state index is 3.60. The van der Waals surface area contributed by atoms with Gasteiger partial charge in [0.25, 0.3) is 0 Å². The molecule has 0 aromatic rings. The van der Waals surface area contributed by atoms with Crippen molar-refractivity contribution in [3.05, 3.63) is 0 Å². The van der Waals surface area contributed by atoms with Crippen LogP contribution in [0.15, 0.2) is 0 Å². The molecule has 1 fully saturated rings. The molecule has 1 aliphatic rings. The van der Waals surface area contributed by atoms with Crippen LogP contribution in [0, 0.1) is 0 Å². The quantitative estimate of drug-likeness (QED) is 0.780. The van der Waals surface area contributed by atoms with Crippen molar-refractivity contribution in [3.8, 4) is 0 Å². The van der Waals surface area contributed by atoms with Gasteiger partial charge in [-0.3, -0.25) is 0 Å². The molecule has 1 rings (SSSR count). The molecule has 3 heteroatoms. The van der Waals surface area contributed by atoms with E-state index in [0.29, 0.717) is 6.04 Å². The average Bonchev–Trinajstić information content (AvgIpc) is 2.15. The Bertz CT molecular complexity index is 141. The van der Waals surface area contributed by atoms with Gasteiger partial charge in [0, 0.05) is 28.0 Å². The van der Waals surface area contributed by atoms with Gasteiger partial charge in [-0.15, -0.1) is 0 Å². The summed E-state index contributed by atoms with van der Waals surface area (Å²) in [5.41, 5.74) is 0. The van der Waals surface area contributed by atoms with Crippen LogP contribution in [-0.2, 0) is 0 Å². The van der Waals surface area contributed by atoms with Crippen molar-refractivity contribution in [3.63, 3.8) is 0 Å². The van der Waals surface area contributed by atoms with E-state index >= 15 is 0 Å². The van der Waals surface area contributed by atoms with E-state index in [1.54, 1.807) is 0 Å². The number of nitrogens with one attached hydrogen (secondary N) is 1. The number of thioether (sulfide) groups is 2. The first-order valence-electron chi connectivity index (χ1n) is 5.22. The van der Waals surface area contributed by atoms with E-state index in [1.165, 1.54) is 17.9 Å². The first kappa shape index (κ1) is 11.7. The summed E-state index contributed by atoms with van der Waals surface area (Å²) in [5, 5.41) is 5.23. The Balaban J connectivity index is 2.30. The minimum absolute atomic E-state index is 0.674. The fourth-order valence-electron chi connectivity index (χ4n) is 1.69. The van der Waals surface area contributed by atoms with E-state index in [1.807, 2.05) is 0 Å². The molecular formula is C10H21NS2. The summed E-state index contributed by atoms with van der Waals surface area (Å²) in [6, 6.07) is 0.674. The first-order chi connectivity index (χ1) is 6.25. The van der Waals surface area contributed by atoms with Gasteiger partial charge in [-0.05, 0) is 19.9 Å². The molecule has 78 valence electrons. The molecule has 0 saturated carbocycles. The molecule has 3 unspecified atom stereocenters. The van der Waals surface area contributed by atoms with Gasteiger partial charge in [-0.2, -0.15) is 23.5 Å². The van der Waals surface area contributed by atoms with Crippen LogP contribution in [-0.4, -0.2) is 34.6 Å². The smallest absolute Gasteiger partial charge is 0.0314 e. The van der Waals surface area contributed by atoms with Crippen LogP contribution in [0.5, 0.6) is 0 Å².